The minimum Gasteiger partial charge on any atom is -0.492 e. The molecule has 1 aliphatic rings. The van der Waals surface area contributed by atoms with Crippen molar-refractivity contribution in [1.29, 1.82) is 0 Å². The van der Waals surface area contributed by atoms with E-state index in [4.69, 9.17) is 19.3 Å². The van der Waals surface area contributed by atoms with E-state index < -0.39 is 16.0 Å². The molecule has 0 saturated carbocycles. The van der Waals surface area contributed by atoms with Gasteiger partial charge in [0.1, 0.15) is 30.5 Å². The summed E-state index contributed by atoms with van der Waals surface area (Å²) >= 11 is 0. The Kier molecular flexibility index (Phi) is 8.58. The summed E-state index contributed by atoms with van der Waals surface area (Å²) < 4.78 is 43.1. The quantitative estimate of drug-likeness (QED) is 0.318. The molecule has 1 unspecified atom stereocenters. The minimum absolute atomic E-state index is 0.0424. The van der Waals surface area contributed by atoms with E-state index in [9.17, 15) is 13.2 Å². The lowest BCUT2D eigenvalue weighted by Gasteiger charge is -2.15. The van der Waals surface area contributed by atoms with Gasteiger partial charge in [-0.1, -0.05) is 24.3 Å². The Balaban J connectivity index is 1.40. The molecule has 1 heterocycles. The van der Waals surface area contributed by atoms with Crippen LogP contribution in [-0.4, -0.2) is 45.0 Å². The molecule has 1 aliphatic heterocycles. The molecule has 0 radical (unpaired) electrons. The van der Waals surface area contributed by atoms with E-state index in [0.29, 0.717) is 30.5 Å². The van der Waals surface area contributed by atoms with E-state index in [-0.39, 0.29) is 31.2 Å². The molecule has 2 N–H and O–H groups in total. The Labute approximate surface area is 223 Å². The maximum absolute atomic E-state index is 11.6. The van der Waals surface area contributed by atoms with Gasteiger partial charge in [0.2, 0.25) is 10.0 Å². The number of carboxylic acids is 1. The van der Waals surface area contributed by atoms with Crippen LogP contribution in [0.15, 0.2) is 54.6 Å². The van der Waals surface area contributed by atoms with Crippen molar-refractivity contribution in [3.8, 4) is 28.4 Å². The molecule has 38 heavy (non-hydrogen) atoms. The van der Waals surface area contributed by atoms with Crippen molar-refractivity contribution in [2.24, 2.45) is 0 Å². The van der Waals surface area contributed by atoms with Gasteiger partial charge in [-0.3, -0.25) is 4.79 Å². The molecule has 0 saturated heterocycles. The molecule has 0 fully saturated rings. The second kappa shape index (κ2) is 11.9. The smallest absolute Gasteiger partial charge is 0.304 e. The average Bonchev–Trinajstić information content (AvgIpc) is 3.26. The lowest BCUT2D eigenvalue weighted by molar-refractivity contribution is -0.137. The Hall–Kier alpha value is -3.56. The first kappa shape index (κ1) is 27.5. The number of sulfonamides is 1. The van der Waals surface area contributed by atoms with Crippen LogP contribution in [0.1, 0.15) is 41.5 Å². The molecule has 8 nitrogen and oxygen atoms in total. The summed E-state index contributed by atoms with van der Waals surface area (Å²) in [6.07, 6.45) is 0.0480. The van der Waals surface area contributed by atoms with E-state index in [1.165, 1.54) is 0 Å². The Morgan fingerprint density at radius 3 is 2.53 bits per heavy atom. The number of aryl methyl sites for hydroxylation is 2. The van der Waals surface area contributed by atoms with Crippen LogP contribution >= 0.6 is 0 Å². The summed E-state index contributed by atoms with van der Waals surface area (Å²) in [5, 5.41) is 9.09. The van der Waals surface area contributed by atoms with Crippen LogP contribution < -0.4 is 18.9 Å². The number of carbonyl (C=O) groups is 1. The molecular formula is C29H33NO7S. The van der Waals surface area contributed by atoms with Gasteiger partial charge in [0, 0.05) is 24.1 Å². The second-order valence-electron chi connectivity index (χ2n) is 9.37. The maximum atomic E-state index is 11.6. The first-order chi connectivity index (χ1) is 18.1. The van der Waals surface area contributed by atoms with Gasteiger partial charge in [0.25, 0.3) is 0 Å². The topological polar surface area (TPSA) is 111 Å². The van der Waals surface area contributed by atoms with Crippen molar-refractivity contribution in [3.05, 3.63) is 76.9 Å². The fourth-order valence-electron chi connectivity index (χ4n) is 4.64. The maximum Gasteiger partial charge on any atom is 0.304 e. The van der Waals surface area contributed by atoms with Crippen LogP contribution in [-0.2, 0) is 21.4 Å². The van der Waals surface area contributed by atoms with Gasteiger partial charge in [0.15, 0.2) is 0 Å². The van der Waals surface area contributed by atoms with Crippen LogP contribution in [0.2, 0.25) is 0 Å². The molecule has 0 aromatic heterocycles. The number of rotatable bonds is 12. The Morgan fingerprint density at radius 2 is 1.82 bits per heavy atom. The van der Waals surface area contributed by atoms with Gasteiger partial charge >= 0.3 is 5.97 Å². The highest BCUT2D eigenvalue weighted by Crippen LogP contribution is 2.38. The van der Waals surface area contributed by atoms with Crippen molar-refractivity contribution >= 4 is 16.0 Å². The van der Waals surface area contributed by atoms with Gasteiger partial charge in [-0.25, -0.2) is 13.1 Å². The summed E-state index contributed by atoms with van der Waals surface area (Å²) in [7, 11) is -3.23. The fraction of sp³-hybridized carbons (Fsp3) is 0.345. The highest BCUT2D eigenvalue weighted by molar-refractivity contribution is 7.89. The summed E-state index contributed by atoms with van der Waals surface area (Å²) in [6.45, 7) is 6.86. The highest BCUT2D eigenvalue weighted by Gasteiger charge is 2.26. The molecule has 0 aliphatic carbocycles. The highest BCUT2D eigenvalue weighted by atomic mass is 32.2. The molecule has 1 atom stereocenters. The lowest BCUT2D eigenvalue weighted by atomic mass is 9.94. The van der Waals surface area contributed by atoms with E-state index >= 15 is 0 Å². The minimum atomic E-state index is -3.23. The van der Waals surface area contributed by atoms with Crippen LogP contribution in [0.3, 0.4) is 0 Å². The van der Waals surface area contributed by atoms with Gasteiger partial charge in [-0.05, 0) is 72.9 Å². The third-order valence-electron chi connectivity index (χ3n) is 6.49. The number of fused-ring (bicyclic) bond motifs is 1. The zero-order valence-corrected chi connectivity index (χ0v) is 22.6. The van der Waals surface area contributed by atoms with Crippen molar-refractivity contribution in [2.75, 3.05) is 25.5 Å². The van der Waals surface area contributed by atoms with Crippen molar-refractivity contribution in [2.45, 2.75) is 39.7 Å². The normalized spacial score (nSPS) is 14.6. The zero-order chi connectivity index (χ0) is 27.3. The van der Waals surface area contributed by atoms with Crippen molar-refractivity contribution in [3.63, 3.8) is 0 Å². The van der Waals surface area contributed by atoms with E-state index in [2.05, 4.69) is 16.9 Å². The van der Waals surface area contributed by atoms with Gasteiger partial charge in [0.05, 0.1) is 18.8 Å². The second-order valence-corrected chi connectivity index (χ2v) is 11.5. The number of ether oxygens (including phenoxy) is 3. The third kappa shape index (κ3) is 6.85. The van der Waals surface area contributed by atoms with Crippen LogP contribution in [0.25, 0.3) is 11.1 Å². The number of hydrogen-bond donors (Lipinski definition) is 2. The standard InChI is InChI=1S/C29H33NO7S/c1-4-38(33,34)30-10-11-35-25-12-19(2)29(20(3)13-25)22-7-5-6-21(14-22)17-36-24-8-9-26-23(15-28(31)32)18-37-27(26)16-24/h5-9,12-14,16,23,30H,4,10-11,15,17-18H2,1-3H3,(H,31,32). The molecule has 3 aromatic carbocycles. The summed E-state index contributed by atoms with van der Waals surface area (Å²) in [5.74, 6) is 1.12. The van der Waals surface area contributed by atoms with Crippen LogP contribution in [0, 0.1) is 13.8 Å². The molecule has 0 bridgehead atoms. The van der Waals surface area contributed by atoms with Crippen LogP contribution in [0.4, 0.5) is 0 Å². The number of benzene rings is 3. The molecule has 0 amide bonds. The average molecular weight is 540 g/mol. The monoisotopic (exact) mass is 539 g/mol. The van der Waals surface area contributed by atoms with Crippen LogP contribution in [0.5, 0.6) is 17.2 Å². The largest absolute Gasteiger partial charge is 0.492 e. The number of hydrogen-bond acceptors (Lipinski definition) is 6. The molecule has 9 heteroatoms. The fourth-order valence-corrected chi connectivity index (χ4v) is 5.24. The molecule has 3 aromatic rings. The third-order valence-corrected chi connectivity index (χ3v) is 7.89. The summed E-state index contributed by atoms with van der Waals surface area (Å²) in [5.41, 5.74) is 6.20. The predicted octanol–water partition coefficient (Wildman–Crippen LogP) is 4.82. The lowest BCUT2D eigenvalue weighted by Crippen LogP contribution is -2.29. The first-order valence-electron chi connectivity index (χ1n) is 12.6. The molecule has 202 valence electrons. The van der Waals surface area contributed by atoms with E-state index in [1.54, 1.807) is 6.92 Å². The molecule has 4 rings (SSSR count). The predicted molar refractivity (Wildman–Crippen MR) is 146 cm³/mol. The first-order valence-corrected chi connectivity index (χ1v) is 14.2. The number of carboxylic acid groups (broad SMARTS) is 1. The zero-order valence-electron chi connectivity index (χ0n) is 21.8. The number of aliphatic carboxylic acids is 1. The molecular weight excluding hydrogens is 506 g/mol. The van der Waals surface area contributed by atoms with Gasteiger partial charge in [-0.15, -0.1) is 0 Å². The molecule has 0 spiro atoms. The number of nitrogens with one attached hydrogen (secondary N) is 1. The van der Waals surface area contributed by atoms with E-state index in [0.717, 1.165) is 33.4 Å². The summed E-state index contributed by atoms with van der Waals surface area (Å²) in [4.78, 5) is 11.1. The van der Waals surface area contributed by atoms with Crippen molar-refractivity contribution < 1.29 is 32.5 Å². The Morgan fingerprint density at radius 1 is 1.05 bits per heavy atom. The SMILES string of the molecule is CCS(=O)(=O)NCCOc1cc(C)c(-c2cccc(COc3ccc4c(c3)OCC4CC(=O)O)c2)c(C)c1. The van der Waals surface area contributed by atoms with Gasteiger partial charge < -0.3 is 19.3 Å². The van der Waals surface area contributed by atoms with E-state index in [1.807, 2.05) is 56.3 Å². The Bertz CT molecular complexity index is 1400. The summed E-state index contributed by atoms with van der Waals surface area (Å²) in [6, 6.07) is 17.6. The van der Waals surface area contributed by atoms with Gasteiger partial charge in [-0.2, -0.15) is 0 Å². The van der Waals surface area contributed by atoms with Crippen molar-refractivity contribution in [1.82, 2.24) is 4.72 Å².